The van der Waals surface area contributed by atoms with E-state index in [-0.39, 0.29) is 0 Å². The molecule has 0 saturated carbocycles. The van der Waals surface area contributed by atoms with Crippen molar-refractivity contribution in [3.63, 3.8) is 0 Å². The maximum Gasteiger partial charge on any atom is 0.100 e. The summed E-state index contributed by atoms with van der Waals surface area (Å²) >= 11 is 0. The summed E-state index contributed by atoms with van der Waals surface area (Å²) in [5.74, 6) is 0. The Balaban J connectivity index is 2.05. The molecule has 2 heterocycles. The smallest absolute Gasteiger partial charge is 0.100 e. The molecular weight excluding hydrogens is 310 g/mol. The van der Waals surface area contributed by atoms with Crippen molar-refractivity contribution in [1.29, 1.82) is 0 Å². The van der Waals surface area contributed by atoms with Gasteiger partial charge in [0.05, 0.1) is 11.2 Å². The molecule has 2 aromatic heterocycles. The number of aromatic nitrogens is 3. The number of aliphatic imine (C=N–C) groups is 1. The lowest BCUT2D eigenvalue weighted by Gasteiger charge is -2.18. The highest BCUT2D eigenvalue weighted by molar-refractivity contribution is 5.94. The molecule has 0 radical (unpaired) electrons. The first-order valence-electron chi connectivity index (χ1n) is 8.58. The quantitative estimate of drug-likeness (QED) is 0.654. The van der Waals surface area contributed by atoms with Gasteiger partial charge in [0.25, 0.3) is 0 Å². The third-order valence-corrected chi connectivity index (χ3v) is 4.20. The molecule has 0 aliphatic heterocycles. The van der Waals surface area contributed by atoms with Crippen LogP contribution in [0.4, 0.5) is 0 Å². The number of benzene rings is 1. The second-order valence-corrected chi connectivity index (χ2v) is 5.87. The molecule has 3 rings (SSSR count). The van der Waals surface area contributed by atoms with Crippen LogP contribution in [0.25, 0.3) is 27.9 Å². The Morgan fingerprint density at radius 3 is 2.72 bits per heavy atom. The van der Waals surface area contributed by atoms with Crippen LogP contribution in [0, 0.1) is 0 Å². The van der Waals surface area contributed by atoms with Gasteiger partial charge in [0, 0.05) is 48.2 Å². The van der Waals surface area contributed by atoms with E-state index in [1.807, 2.05) is 18.2 Å². The molecule has 5 heteroatoms. The summed E-state index contributed by atoms with van der Waals surface area (Å²) in [5.41, 5.74) is 4.87. The number of hydrogen-bond donors (Lipinski definition) is 1. The number of hydrogen-bond acceptors (Lipinski definition) is 4. The zero-order valence-electron chi connectivity index (χ0n) is 14.7. The predicted octanol–water partition coefficient (Wildman–Crippen LogP) is 4.36. The topological polar surface area (TPSA) is 57.2 Å². The fourth-order valence-electron chi connectivity index (χ4n) is 2.88. The highest BCUT2D eigenvalue weighted by Crippen LogP contribution is 2.29. The van der Waals surface area contributed by atoms with E-state index >= 15 is 0 Å². The van der Waals surface area contributed by atoms with Crippen LogP contribution in [0.3, 0.4) is 0 Å². The van der Waals surface area contributed by atoms with E-state index in [1.54, 1.807) is 12.4 Å². The van der Waals surface area contributed by atoms with Crippen molar-refractivity contribution < 1.29 is 0 Å². The average Bonchev–Trinajstić information content (AvgIpc) is 3.09. The molecule has 0 amide bonds. The number of rotatable bonds is 7. The van der Waals surface area contributed by atoms with Crippen molar-refractivity contribution in [1.82, 2.24) is 20.1 Å². The summed E-state index contributed by atoms with van der Waals surface area (Å²) in [5, 5.41) is 8.63. The van der Waals surface area contributed by atoms with Crippen molar-refractivity contribution in [2.24, 2.45) is 4.99 Å². The van der Waals surface area contributed by atoms with Crippen molar-refractivity contribution in [2.75, 3.05) is 13.1 Å². The van der Waals surface area contributed by atoms with Crippen LogP contribution in [-0.2, 0) is 0 Å². The zero-order chi connectivity index (χ0) is 17.6. The van der Waals surface area contributed by atoms with E-state index in [0.29, 0.717) is 0 Å². The monoisotopic (exact) mass is 333 g/mol. The Morgan fingerprint density at radius 1 is 1.24 bits per heavy atom. The Morgan fingerprint density at radius 2 is 2.04 bits per heavy atom. The Hall–Kier alpha value is -2.95. The zero-order valence-corrected chi connectivity index (χ0v) is 14.7. The second kappa shape index (κ2) is 7.75. The molecule has 1 aromatic carbocycles. The van der Waals surface area contributed by atoms with E-state index < -0.39 is 0 Å². The van der Waals surface area contributed by atoms with Gasteiger partial charge < -0.3 is 4.90 Å². The molecule has 0 spiro atoms. The highest BCUT2D eigenvalue weighted by Gasteiger charge is 2.10. The van der Waals surface area contributed by atoms with E-state index in [9.17, 15) is 0 Å². The van der Waals surface area contributed by atoms with Gasteiger partial charge in [0.15, 0.2) is 0 Å². The van der Waals surface area contributed by atoms with Crippen LogP contribution in [0.1, 0.15) is 25.8 Å². The van der Waals surface area contributed by atoms with Gasteiger partial charge >= 0.3 is 0 Å². The molecule has 0 unspecified atom stereocenters. The molecule has 0 saturated heterocycles. The largest absolute Gasteiger partial charge is 0.376 e. The van der Waals surface area contributed by atoms with Gasteiger partial charge in [-0.15, -0.1) is 0 Å². The fraction of sp³-hybridized carbons (Fsp3) is 0.250. The first-order valence-corrected chi connectivity index (χ1v) is 8.58. The summed E-state index contributed by atoms with van der Waals surface area (Å²) in [6, 6.07) is 10.1. The van der Waals surface area contributed by atoms with E-state index in [1.165, 1.54) is 0 Å². The van der Waals surface area contributed by atoms with Crippen molar-refractivity contribution >= 4 is 23.3 Å². The Bertz CT molecular complexity index is 879. The van der Waals surface area contributed by atoms with E-state index in [4.69, 9.17) is 0 Å². The summed E-state index contributed by atoms with van der Waals surface area (Å²) in [4.78, 5) is 10.6. The lowest BCUT2D eigenvalue weighted by Crippen LogP contribution is -2.17. The summed E-state index contributed by atoms with van der Waals surface area (Å²) in [6.07, 6.45) is 6.74. The molecule has 0 atom stereocenters. The number of H-pyrrole nitrogens is 1. The Kier molecular flexibility index (Phi) is 5.23. The molecule has 128 valence electrons. The lowest BCUT2D eigenvalue weighted by molar-refractivity contribution is 0.397. The van der Waals surface area contributed by atoms with Crippen molar-refractivity contribution in [3.8, 4) is 11.3 Å². The predicted molar refractivity (Wildman–Crippen MR) is 104 cm³/mol. The van der Waals surface area contributed by atoms with Gasteiger partial charge in [-0.3, -0.25) is 15.1 Å². The van der Waals surface area contributed by atoms with Crippen LogP contribution < -0.4 is 0 Å². The van der Waals surface area contributed by atoms with Crippen LogP contribution in [0.15, 0.2) is 53.9 Å². The molecule has 0 aliphatic rings. The number of pyridine rings is 1. The standard InChI is InChI=1S/C20H23N5/c1-4-12-25(5-2)14-19(21-3)16-6-7-18-17(13-16)20(24-23-18)15-8-10-22-11-9-15/h6-11,13-14H,3-5,12H2,1-2H3,(H,23,24). The minimum Gasteiger partial charge on any atom is -0.376 e. The van der Waals surface area contributed by atoms with Crippen LogP contribution in [0.5, 0.6) is 0 Å². The van der Waals surface area contributed by atoms with E-state index in [0.717, 1.165) is 52.9 Å². The molecule has 0 bridgehead atoms. The Labute approximate surface area is 148 Å². The minimum absolute atomic E-state index is 0.874. The second-order valence-electron chi connectivity index (χ2n) is 5.87. The molecule has 1 N–H and O–H groups in total. The number of nitrogens with one attached hydrogen (secondary N) is 1. The molecule has 3 aromatic rings. The molecule has 5 nitrogen and oxygen atoms in total. The normalized spacial score (nSPS) is 11.7. The van der Waals surface area contributed by atoms with Crippen LogP contribution >= 0.6 is 0 Å². The van der Waals surface area contributed by atoms with Crippen molar-refractivity contribution in [3.05, 3.63) is 54.5 Å². The van der Waals surface area contributed by atoms with Gasteiger partial charge in [0.1, 0.15) is 5.69 Å². The summed E-state index contributed by atoms with van der Waals surface area (Å²) in [7, 11) is 0. The average molecular weight is 333 g/mol. The maximum absolute atomic E-state index is 4.47. The highest BCUT2D eigenvalue weighted by atomic mass is 15.1. The van der Waals surface area contributed by atoms with Gasteiger partial charge in [0.2, 0.25) is 0 Å². The van der Waals surface area contributed by atoms with Gasteiger partial charge in [-0.05, 0) is 44.3 Å². The van der Waals surface area contributed by atoms with Crippen LogP contribution in [0.2, 0.25) is 0 Å². The van der Waals surface area contributed by atoms with Crippen LogP contribution in [-0.4, -0.2) is 39.9 Å². The third kappa shape index (κ3) is 3.60. The third-order valence-electron chi connectivity index (χ3n) is 4.20. The lowest BCUT2D eigenvalue weighted by atomic mass is 10.1. The maximum atomic E-state index is 4.47. The van der Waals surface area contributed by atoms with E-state index in [2.05, 4.69) is 64.0 Å². The molecular formula is C20H23N5. The van der Waals surface area contributed by atoms with Gasteiger partial charge in [-0.2, -0.15) is 5.10 Å². The summed E-state index contributed by atoms with van der Waals surface area (Å²) in [6.45, 7) is 10.0. The number of nitrogens with zero attached hydrogens (tertiary/aromatic N) is 4. The fourth-order valence-corrected chi connectivity index (χ4v) is 2.88. The van der Waals surface area contributed by atoms with Gasteiger partial charge in [-0.25, -0.2) is 0 Å². The number of aromatic amines is 1. The molecule has 25 heavy (non-hydrogen) atoms. The van der Waals surface area contributed by atoms with Gasteiger partial charge in [-0.1, -0.05) is 13.0 Å². The minimum atomic E-state index is 0.874. The van der Waals surface area contributed by atoms with Crippen molar-refractivity contribution in [2.45, 2.75) is 20.3 Å². The SMILES string of the molecule is C=NC(=CN(CC)CCC)c1ccc2[nH]nc(-c3ccncc3)c2c1. The first-order chi connectivity index (χ1) is 12.3. The first kappa shape index (κ1) is 16.9. The molecule has 0 aliphatic carbocycles. The summed E-state index contributed by atoms with van der Waals surface area (Å²) < 4.78 is 0. The number of fused-ring (bicyclic) bond motifs is 1. The molecule has 0 fully saturated rings.